The molecule has 0 radical (unpaired) electrons. The Morgan fingerprint density at radius 2 is 1.46 bits per heavy atom. The van der Waals surface area contributed by atoms with Crippen molar-refractivity contribution >= 4 is 23.5 Å². The highest BCUT2D eigenvalue weighted by molar-refractivity contribution is 7.79. The number of Topliss-reactive ketones (excluding diaryl/α,β-unsaturated/α-hetero) is 1. The third kappa shape index (κ3) is 2.77. The molecule has 0 bridgehead atoms. The van der Waals surface area contributed by atoms with Crippen molar-refractivity contribution in [3.63, 3.8) is 0 Å². The first-order chi connectivity index (χ1) is 12.6. The Balaban J connectivity index is 1.85. The van der Waals surface area contributed by atoms with Crippen LogP contribution in [0.25, 0.3) is 0 Å². The van der Waals surface area contributed by atoms with Gasteiger partial charge in [0.05, 0.1) is 12.0 Å². The molecule has 0 aliphatic carbocycles. The summed E-state index contributed by atoms with van der Waals surface area (Å²) in [6.45, 7) is 0. The lowest BCUT2D eigenvalue weighted by Gasteiger charge is -2.32. The Labute approximate surface area is 150 Å². The van der Waals surface area contributed by atoms with Crippen molar-refractivity contribution in [2.24, 2.45) is 0 Å². The van der Waals surface area contributed by atoms with Crippen molar-refractivity contribution in [2.45, 2.75) is 12.3 Å². The number of carbonyl (C=O) groups excluding carboxylic acids is 1. The first-order valence-electron chi connectivity index (χ1n) is 8.29. The Bertz CT molecular complexity index is 959. The molecule has 0 fully saturated rings. The minimum atomic E-state index is -3.24. The largest absolute Gasteiger partial charge is 0.481 e. The monoisotopic (exact) mass is 366 g/mol. The number of ether oxygens (including phenoxy) is 1. The third-order valence-corrected chi connectivity index (χ3v) is 7.78. The van der Waals surface area contributed by atoms with Gasteiger partial charge >= 0.3 is 0 Å². The summed E-state index contributed by atoms with van der Waals surface area (Å²) in [5.74, 6) is -1.30. The second-order valence-corrected chi connectivity index (χ2v) is 9.09. The first-order valence-corrected chi connectivity index (χ1v) is 10.1. The lowest BCUT2D eigenvalue weighted by Crippen LogP contribution is -2.34. The number of fused-ring (bicyclic) bond motifs is 1. The summed E-state index contributed by atoms with van der Waals surface area (Å²) >= 11 is 0. The van der Waals surface area contributed by atoms with Gasteiger partial charge in [-0.2, -0.15) is 0 Å². The summed E-state index contributed by atoms with van der Waals surface area (Å²) in [5.41, 5.74) is 0.203. The molecule has 0 aromatic heterocycles. The summed E-state index contributed by atoms with van der Waals surface area (Å²) in [6, 6.07) is 22.0. The smallest absolute Gasteiger partial charge is 0.182 e. The average Bonchev–Trinajstić information content (AvgIpc) is 2.69. The van der Waals surface area contributed by atoms with Gasteiger partial charge in [-0.1, -0.05) is 60.7 Å². The van der Waals surface area contributed by atoms with Crippen LogP contribution in [0.3, 0.4) is 0 Å². The maximum Gasteiger partial charge on any atom is 0.182 e. The van der Waals surface area contributed by atoms with Crippen LogP contribution in [0.1, 0.15) is 16.8 Å². The fraction of sp³-hybridized carbons (Fsp3) is 0.0952. The van der Waals surface area contributed by atoms with Gasteiger partial charge in [0.25, 0.3) is 0 Å². The number of carbonyl (C=O) groups is 1. The zero-order valence-electron chi connectivity index (χ0n) is 13.8. The predicted molar refractivity (Wildman–Crippen MR) is 99.5 cm³/mol. The zero-order chi connectivity index (χ0) is 18.1. The third-order valence-electron chi connectivity index (χ3n) is 4.55. The van der Waals surface area contributed by atoms with Gasteiger partial charge in [-0.3, -0.25) is 4.79 Å². The van der Waals surface area contributed by atoms with E-state index in [1.807, 2.05) is 36.4 Å². The van der Waals surface area contributed by atoms with Crippen molar-refractivity contribution in [3.05, 3.63) is 90.2 Å². The second kappa shape index (κ2) is 6.54. The maximum absolute atomic E-state index is 14.2. The number of halogens is 1. The Morgan fingerprint density at radius 1 is 0.885 bits per heavy atom. The first kappa shape index (κ1) is 16.7. The van der Waals surface area contributed by atoms with Crippen LogP contribution in [-0.2, 0) is 4.57 Å². The van der Waals surface area contributed by atoms with E-state index in [1.54, 1.807) is 24.3 Å². The molecule has 3 nitrogen and oxygen atoms in total. The number of hydrogen-bond donors (Lipinski definition) is 0. The van der Waals surface area contributed by atoms with E-state index in [2.05, 4.69) is 0 Å². The van der Waals surface area contributed by atoms with Crippen LogP contribution in [-0.4, -0.2) is 11.6 Å². The number of benzene rings is 3. The molecule has 1 unspecified atom stereocenters. The predicted octanol–water partition coefficient (Wildman–Crippen LogP) is 4.13. The van der Waals surface area contributed by atoms with Gasteiger partial charge in [0.15, 0.2) is 18.8 Å². The van der Waals surface area contributed by atoms with E-state index in [0.29, 0.717) is 10.6 Å². The van der Waals surface area contributed by atoms with E-state index in [-0.39, 0.29) is 23.5 Å². The van der Waals surface area contributed by atoms with Crippen molar-refractivity contribution in [1.82, 2.24) is 0 Å². The highest BCUT2D eigenvalue weighted by Crippen LogP contribution is 2.52. The van der Waals surface area contributed by atoms with Gasteiger partial charge in [0.1, 0.15) is 11.6 Å². The molecule has 1 aliphatic rings. The van der Waals surface area contributed by atoms with Crippen molar-refractivity contribution in [1.29, 1.82) is 0 Å². The molecule has 1 heterocycles. The molecule has 26 heavy (non-hydrogen) atoms. The van der Waals surface area contributed by atoms with Crippen LogP contribution in [0.4, 0.5) is 4.39 Å². The number of rotatable bonds is 3. The maximum atomic E-state index is 14.2. The van der Waals surface area contributed by atoms with E-state index in [1.165, 1.54) is 18.2 Å². The topological polar surface area (TPSA) is 43.4 Å². The van der Waals surface area contributed by atoms with Gasteiger partial charge in [0.2, 0.25) is 0 Å². The molecule has 0 amide bonds. The van der Waals surface area contributed by atoms with E-state index in [9.17, 15) is 13.8 Å². The number of ketones is 1. The fourth-order valence-electron chi connectivity index (χ4n) is 3.26. The molecular weight excluding hydrogens is 350 g/mol. The normalized spacial score (nSPS) is 16.7. The van der Waals surface area contributed by atoms with Crippen molar-refractivity contribution < 1.29 is 18.5 Å². The van der Waals surface area contributed by atoms with Crippen LogP contribution in [0, 0.1) is 5.82 Å². The molecule has 1 atom stereocenters. The Kier molecular flexibility index (Phi) is 4.21. The summed E-state index contributed by atoms with van der Waals surface area (Å²) < 4.78 is 33.7. The Morgan fingerprint density at radius 3 is 2.04 bits per heavy atom. The highest BCUT2D eigenvalue weighted by atomic mass is 31.2. The minimum Gasteiger partial charge on any atom is -0.481 e. The van der Waals surface area contributed by atoms with E-state index >= 15 is 0 Å². The van der Waals surface area contributed by atoms with Gasteiger partial charge < -0.3 is 9.30 Å². The molecule has 5 heteroatoms. The lowest BCUT2D eigenvalue weighted by atomic mass is 10.1. The quantitative estimate of drug-likeness (QED) is 0.655. The molecule has 130 valence electrons. The molecule has 0 saturated heterocycles. The molecule has 0 spiro atoms. The zero-order valence-corrected chi connectivity index (χ0v) is 14.7. The van der Waals surface area contributed by atoms with Gasteiger partial charge in [-0.05, 0) is 18.2 Å². The van der Waals surface area contributed by atoms with Gasteiger partial charge in [0, 0.05) is 10.6 Å². The van der Waals surface area contributed by atoms with Crippen molar-refractivity contribution in [2.75, 3.05) is 0 Å². The second-order valence-electron chi connectivity index (χ2n) is 6.17. The standard InChI is InChI=1S/C21H16FO3P/c22-15-11-12-20-18(13-15)19(23)14-21(25-20)26(24,16-7-3-1-4-8-16)17-9-5-2-6-10-17/h1-13,21H,14H2. The van der Waals surface area contributed by atoms with E-state index in [4.69, 9.17) is 4.74 Å². The van der Waals surface area contributed by atoms with Gasteiger partial charge in [-0.15, -0.1) is 0 Å². The van der Waals surface area contributed by atoms with Crippen LogP contribution in [0.2, 0.25) is 0 Å². The van der Waals surface area contributed by atoms with Crippen LogP contribution < -0.4 is 15.3 Å². The lowest BCUT2D eigenvalue weighted by molar-refractivity contribution is 0.0911. The fourth-order valence-corrected chi connectivity index (χ4v) is 6.14. The molecule has 0 N–H and O–H groups in total. The summed E-state index contributed by atoms with van der Waals surface area (Å²) in [7, 11) is -3.24. The molecule has 4 rings (SSSR count). The molecule has 1 aliphatic heterocycles. The van der Waals surface area contributed by atoms with Crippen molar-refractivity contribution in [3.8, 4) is 5.75 Å². The van der Waals surface area contributed by atoms with Gasteiger partial charge in [-0.25, -0.2) is 4.39 Å². The minimum absolute atomic E-state index is 0.0580. The van der Waals surface area contributed by atoms with Crippen LogP contribution >= 0.6 is 7.14 Å². The molecule has 3 aromatic carbocycles. The summed E-state index contributed by atoms with van der Waals surface area (Å²) in [5, 5.41) is 1.27. The SMILES string of the molecule is O=C1CC(P(=O)(c2ccccc2)c2ccccc2)Oc2ccc(F)cc21. The molecular formula is C21H16FO3P. The van der Waals surface area contributed by atoms with E-state index < -0.39 is 18.8 Å². The average molecular weight is 366 g/mol. The summed E-state index contributed by atoms with van der Waals surface area (Å²) in [6.07, 6.45) is -0.0580. The highest BCUT2D eigenvalue weighted by Gasteiger charge is 2.42. The molecule has 0 saturated carbocycles. The van der Waals surface area contributed by atoms with E-state index in [0.717, 1.165) is 0 Å². The molecule has 3 aromatic rings. The van der Waals surface area contributed by atoms with Crippen LogP contribution in [0.5, 0.6) is 5.75 Å². The number of hydrogen-bond acceptors (Lipinski definition) is 3. The van der Waals surface area contributed by atoms with Crippen LogP contribution in [0.15, 0.2) is 78.9 Å². The summed E-state index contributed by atoms with van der Waals surface area (Å²) in [4.78, 5) is 12.6. The Hall–Kier alpha value is -2.71.